The number of carbonyl (C=O) groups is 2. The first-order valence-electron chi connectivity index (χ1n) is 10.6. The Kier molecular flexibility index (Phi) is 6.91. The normalized spacial score (nSPS) is 17.3. The molecule has 3 aromatic carbocycles. The van der Waals surface area contributed by atoms with Crippen LogP contribution in [0.25, 0.3) is 5.76 Å². The molecule has 1 unspecified atom stereocenters. The number of hydrogen-bond acceptors (Lipinski definition) is 4. The van der Waals surface area contributed by atoms with Gasteiger partial charge in [0.05, 0.1) is 28.3 Å². The summed E-state index contributed by atoms with van der Waals surface area (Å²) in [5.74, 6) is -1.94. The van der Waals surface area contributed by atoms with Crippen molar-refractivity contribution in [2.24, 2.45) is 0 Å². The van der Waals surface area contributed by atoms with Crippen molar-refractivity contribution >= 4 is 46.3 Å². The molecule has 1 aliphatic heterocycles. The molecule has 5 nitrogen and oxygen atoms in total. The summed E-state index contributed by atoms with van der Waals surface area (Å²) in [6.07, 6.45) is 0.845. The summed E-state index contributed by atoms with van der Waals surface area (Å²) in [5.41, 5.74) is 0.977. The van der Waals surface area contributed by atoms with E-state index in [-0.39, 0.29) is 16.4 Å². The van der Waals surface area contributed by atoms with Gasteiger partial charge in [-0.2, -0.15) is 0 Å². The Labute approximate surface area is 206 Å². The van der Waals surface area contributed by atoms with Gasteiger partial charge in [0.25, 0.3) is 11.7 Å². The highest BCUT2D eigenvalue weighted by molar-refractivity contribution is 6.51. The van der Waals surface area contributed by atoms with E-state index in [2.05, 4.69) is 0 Å². The van der Waals surface area contributed by atoms with Crippen LogP contribution in [0, 0.1) is 5.82 Å². The van der Waals surface area contributed by atoms with E-state index in [1.807, 2.05) is 6.92 Å². The third kappa shape index (κ3) is 4.52. The second-order valence-electron chi connectivity index (χ2n) is 7.69. The first-order chi connectivity index (χ1) is 16.3. The number of aliphatic hydroxyl groups excluding tert-OH is 1. The summed E-state index contributed by atoms with van der Waals surface area (Å²) >= 11 is 12.3. The minimum absolute atomic E-state index is 0.116. The smallest absolute Gasteiger partial charge is 0.300 e. The molecule has 1 N–H and O–H groups in total. The van der Waals surface area contributed by atoms with Gasteiger partial charge in [-0.05, 0) is 72.6 Å². The molecule has 174 valence electrons. The minimum atomic E-state index is -1.00. The maximum absolute atomic E-state index is 13.5. The minimum Gasteiger partial charge on any atom is -0.507 e. The Morgan fingerprint density at radius 2 is 1.68 bits per heavy atom. The van der Waals surface area contributed by atoms with E-state index in [1.54, 1.807) is 36.4 Å². The number of carbonyl (C=O) groups excluding carboxylic acids is 2. The van der Waals surface area contributed by atoms with Crippen molar-refractivity contribution in [2.45, 2.75) is 19.4 Å². The number of anilines is 1. The van der Waals surface area contributed by atoms with Gasteiger partial charge in [-0.25, -0.2) is 4.39 Å². The summed E-state index contributed by atoms with van der Waals surface area (Å²) in [7, 11) is 0. The maximum atomic E-state index is 13.5. The Bertz CT molecular complexity index is 1270. The number of rotatable bonds is 6. The average molecular weight is 500 g/mol. The number of halogens is 3. The van der Waals surface area contributed by atoms with E-state index in [1.165, 1.54) is 35.2 Å². The van der Waals surface area contributed by atoms with Crippen LogP contribution in [0.5, 0.6) is 5.75 Å². The van der Waals surface area contributed by atoms with E-state index in [9.17, 15) is 19.1 Å². The maximum Gasteiger partial charge on any atom is 0.300 e. The molecule has 1 amide bonds. The van der Waals surface area contributed by atoms with Crippen molar-refractivity contribution in [1.82, 2.24) is 0 Å². The van der Waals surface area contributed by atoms with Crippen molar-refractivity contribution < 1.29 is 23.8 Å². The number of ketones is 1. The fraction of sp³-hybridized carbons (Fsp3) is 0.154. The second-order valence-corrected chi connectivity index (χ2v) is 8.51. The summed E-state index contributed by atoms with van der Waals surface area (Å²) in [5, 5.41) is 11.7. The molecular formula is C26H20Cl2FNO4. The molecular weight excluding hydrogens is 480 g/mol. The molecule has 0 spiro atoms. The molecule has 4 rings (SSSR count). The number of Topliss-reactive ketones (excluding diaryl/α,β-unsaturated/α-hetero) is 1. The number of benzene rings is 3. The van der Waals surface area contributed by atoms with Crippen LogP contribution in [0.3, 0.4) is 0 Å². The van der Waals surface area contributed by atoms with E-state index >= 15 is 0 Å². The lowest BCUT2D eigenvalue weighted by molar-refractivity contribution is -0.132. The summed E-state index contributed by atoms with van der Waals surface area (Å²) in [4.78, 5) is 27.5. The largest absolute Gasteiger partial charge is 0.507 e. The lowest BCUT2D eigenvalue weighted by Gasteiger charge is -2.25. The van der Waals surface area contributed by atoms with Crippen LogP contribution in [0.4, 0.5) is 10.1 Å². The predicted molar refractivity (Wildman–Crippen MR) is 130 cm³/mol. The standard InChI is InChI=1S/C26H20Cl2FNO4/c1-2-13-34-19-10-3-15(4-11-19)24(31)22-23(16-5-12-20(27)21(28)14-16)30(26(33)25(22)32)18-8-6-17(29)7-9-18/h3-12,14,23,31H,2,13H2,1H3/b24-22-. The molecule has 34 heavy (non-hydrogen) atoms. The van der Waals surface area contributed by atoms with E-state index in [0.717, 1.165) is 6.42 Å². The van der Waals surface area contributed by atoms with Gasteiger partial charge in [-0.15, -0.1) is 0 Å². The number of nitrogens with zero attached hydrogens (tertiary/aromatic N) is 1. The molecule has 1 aliphatic rings. The van der Waals surface area contributed by atoms with Gasteiger partial charge in [0, 0.05) is 11.3 Å². The summed E-state index contributed by atoms with van der Waals surface area (Å²) in [6.45, 7) is 2.54. The lowest BCUT2D eigenvalue weighted by atomic mass is 9.95. The van der Waals surface area contributed by atoms with Gasteiger partial charge in [-0.3, -0.25) is 14.5 Å². The Morgan fingerprint density at radius 1 is 1.00 bits per heavy atom. The van der Waals surface area contributed by atoms with Crippen molar-refractivity contribution in [1.29, 1.82) is 0 Å². The first kappa shape index (κ1) is 23.8. The SMILES string of the molecule is CCCOc1ccc(/C(O)=C2/C(=O)C(=O)N(c3ccc(F)cc3)C2c2ccc(Cl)c(Cl)c2)cc1. The van der Waals surface area contributed by atoms with E-state index in [0.29, 0.717) is 34.2 Å². The molecule has 1 atom stereocenters. The lowest BCUT2D eigenvalue weighted by Crippen LogP contribution is -2.29. The zero-order valence-corrected chi connectivity index (χ0v) is 19.6. The zero-order chi connectivity index (χ0) is 24.4. The topological polar surface area (TPSA) is 66.8 Å². The quantitative estimate of drug-likeness (QED) is 0.237. The fourth-order valence-electron chi connectivity index (χ4n) is 3.78. The van der Waals surface area contributed by atoms with E-state index in [4.69, 9.17) is 27.9 Å². The molecule has 0 radical (unpaired) electrons. The molecule has 1 heterocycles. The Hall–Kier alpha value is -3.35. The molecule has 3 aromatic rings. The summed E-state index contributed by atoms with van der Waals surface area (Å²) in [6, 6.07) is 15.4. The Morgan fingerprint density at radius 3 is 2.29 bits per heavy atom. The number of hydrogen-bond donors (Lipinski definition) is 1. The molecule has 0 aliphatic carbocycles. The first-order valence-corrected chi connectivity index (χ1v) is 11.3. The highest BCUT2D eigenvalue weighted by Crippen LogP contribution is 2.43. The van der Waals surface area contributed by atoms with Crippen LogP contribution in [0.15, 0.2) is 72.3 Å². The van der Waals surface area contributed by atoms with Crippen molar-refractivity contribution in [3.63, 3.8) is 0 Å². The van der Waals surface area contributed by atoms with Crippen molar-refractivity contribution in [2.75, 3.05) is 11.5 Å². The van der Waals surface area contributed by atoms with Gasteiger partial charge in [0.15, 0.2) is 0 Å². The van der Waals surface area contributed by atoms with Gasteiger partial charge in [-0.1, -0.05) is 36.2 Å². The van der Waals surface area contributed by atoms with Crippen molar-refractivity contribution in [3.8, 4) is 5.75 Å². The number of ether oxygens (including phenoxy) is 1. The van der Waals surface area contributed by atoms with Crippen LogP contribution in [0.2, 0.25) is 10.0 Å². The van der Waals surface area contributed by atoms with Gasteiger partial charge < -0.3 is 9.84 Å². The average Bonchev–Trinajstić information content (AvgIpc) is 3.10. The van der Waals surface area contributed by atoms with Crippen molar-refractivity contribution in [3.05, 3.63) is 99.3 Å². The zero-order valence-electron chi connectivity index (χ0n) is 18.1. The fourth-order valence-corrected chi connectivity index (χ4v) is 4.09. The number of amides is 1. The molecule has 8 heteroatoms. The molecule has 1 fully saturated rings. The molecule has 0 saturated carbocycles. The van der Waals surface area contributed by atoms with Gasteiger partial charge in [0.1, 0.15) is 17.3 Å². The van der Waals surface area contributed by atoms with Crippen LogP contribution in [-0.4, -0.2) is 23.4 Å². The molecule has 1 saturated heterocycles. The van der Waals surface area contributed by atoms with E-state index < -0.39 is 23.5 Å². The van der Waals surface area contributed by atoms with Crippen LogP contribution < -0.4 is 9.64 Å². The summed E-state index contributed by atoms with van der Waals surface area (Å²) < 4.78 is 19.1. The number of aliphatic hydroxyl groups is 1. The second kappa shape index (κ2) is 9.87. The monoisotopic (exact) mass is 499 g/mol. The van der Waals surface area contributed by atoms with Crippen LogP contribution >= 0.6 is 23.2 Å². The molecule has 0 aromatic heterocycles. The highest BCUT2D eigenvalue weighted by atomic mass is 35.5. The third-order valence-electron chi connectivity index (χ3n) is 5.41. The van der Waals surface area contributed by atoms with Crippen LogP contribution in [-0.2, 0) is 9.59 Å². The van der Waals surface area contributed by atoms with Gasteiger partial charge >= 0.3 is 0 Å². The Balaban J connectivity index is 1.86. The third-order valence-corrected chi connectivity index (χ3v) is 6.15. The highest BCUT2D eigenvalue weighted by Gasteiger charge is 2.47. The van der Waals surface area contributed by atoms with Gasteiger partial charge in [0.2, 0.25) is 0 Å². The predicted octanol–water partition coefficient (Wildman–Crippen LogP) is 6.55. The molecule has 0 bridgehead atoms. The van der Waals surface area contributed by atoms with Crippen LogP contribution in [0.1, 0.15) is 30.5 Å².